The molecule has 3 rings (SSSR count). The first-order chi connectivity index (χ1) is 13.2. The Kier molecular flexibility index (Phi) is 6.79. The fraction of sp³-hybridized carbons (Fsp3) is 0.500. The maximum absolute atomic E-state index is 5.53. The summed E-state index contributed by atoms with van der Waals surface area (Å²) in [6, 6.07) is 10.2. The number of para-hydroxylation sites is 1. The van der Waals surface area contributed by atoms with Gasteiger partial charge in [0.05, 0.1) is 11.9 Å². The maximum atomic E-state index is 5.53. The summed E-state index contributed by atoms with van der Waals surface area (Å²) in [6.45, 7) is 3.34. The van der Waals surface area contributed by atoms with E-state index in [0.29, 0.717) is 0 Å². The van der Waals surface area contributed by atoms with Crippen LogP contribution < -0.4 is 5.32 Å². The van der Waals surface area contributed by atoms with Crippen LogP contribution in [0.3, 0.4) is 0 Å². The molecule has 0 unspecified atom stereocenters. The molecule has 1 aliphatic rings. The van der Waals surface area contributed by atoms with Gasteiger partial charge < -0.3 is 15.0 Å². The molecule has 2 aromatic rings. The van der Waals surface area contributed by atoms with Crippen molar-refractivity contribution < 1.29 is 4.74 Å². The Labute approximate surface area is 166 Å². The molecular formula is C20H29N5OS. The average molecular weight is 388 g/mol. The van der Waals surface area contributed by atoms with Crippen molar-refractivity contribution >= 4 is 17.7 Å². The monoisotopic (exact) mass is 387 g/mol. The van der Waals surface area contributed by atoms with Crippen LogP contribution in [0.25, 0.3) is 5.69 Å². The lowest BCUT2D eigenvalue weighted by molar-refractivity contribution is 0.0781. The van der Waals surface area contributed by atoms with Crippen LogP contribution in [0.15, 0.2) is 47.7 Å². The number of nitrogens with zero attached hydrogens (tertiary/aromatic N) is 4. The highest BCUT2D eigenvalue weighted by Crippen LogP contribution is 2.33. The van der Waals surface area contributed by atoms with Gasteiger partial charge in [0.15, 0.2) is 5.96 Å². The lowest BCUT2D eigenvalue weighted by Crippen LogP contribution is -2.48. The average Bonchev–Trinajstić information content (AvgIpc) is 3.18. The molecule has 0 bridgehead atoms. The zero-order valence-electron chi connectivity index (χ0n) is 16.4. The number of rotatable bonds is 6. The summed E-state index contributed by atoms with van der Waals surface area (Å²) in [4.78, 5) is 6.60. The molecule has 0 radical (unpaired) electrons. The molecule has 27 heavy (non-hydrogen) atoms. The zero-order chi connectivity index (χ0) is 19.1. The van der Waals surface area contributed by atoms with Crippen LogP contribution >= 0.6 is 11.8 Å². The number of hydrogen-bond donors (Lipinski definition) is 1. The fourth-order valence-electron chi connectivity index (χ4n) is 3.33. The molecule has 0 atom stereocenters. The summed E-state index contributed by atoms with van der Waals surface area (Å²) in [5.74, 6) is 0.905. The second-order valence-electron chi connectivity index (χ2n) is 6.89. The van der Waals surface area contributed by atoms with E-state index >= 15 is 0 Å². The third-order valence-corrected chi connectivity index (χ3v) is 6.47. The summed E-state index contributed by atoms with van der Waals surface area (Å²) in [5, 5.41) is 8.04. The largest absolute Gasteiger partial charge is 0.381 e. The second kappa shape index (κ2) is 9.28. The Hall–Kier alpha value is -1.99. The van der Waals surface area contributed by atoms with Crippen molar-refractivity contribution in [3.8, 4) is 5.69 Å². The van der Waals surface area contributed by atoms with Crippen LogP contribution in [0.2, 0.25) is 0 Å². The van der Waals surface area contributed by atoms with E-state index in [1.165, 1.54) is 0 Å². The number of aliphatic imine (C=N–C) groups is 1. The standard InChI is InChI=1S/C20H29N5OS/c1-21-19(22-16-20(27-3)9-11-26-12-10-20)24(2)14-17-13-23-25(15-17)18-7-5-4-6-8-18/h4-8,13,15H,9-12,14,16H2,1-3H3,(H,21,22). The van der Waals surface area contributed by atoms with Gasteiger partial charge in [0.2, 0.25) is 0 Å². The van der Waals surface area contributed by atoms with Gasteiger partial charge >= 0.3 is 0 Å². The van der Waals surface area contributed by atoms with E-state index in [2.05, 4.69) is 51.9 Å². The number of hydrogen-bond acceptors (Lipinski definition) is 4. The lowest BCUT2D eigenvalue weighted by atomic mass is 9.99. The van der Waals surface area contributed by atoms with Crippen molar-refractivity contribution in [1.29, 1.82) is 0 Å². The highest BCUT2D eigenvalue weighted by atomic mass is 32.2. The number of nitrogens with one attached hydrogen (secondary N) is 1. The van der Waals surface area contributed by atoms with E-state index in [0.717, 1.165) is 56.4 Å². The third kappa shape index (κ3) is 5.05. The van der Waals surface area contributed by atoms with Crippen molar-refractivity contribution in [1.82, 2.24) is 20.0 Å². The number of ether oxygens (including phenoxy) is 1. The first-order valence-electron chi connectivity index (χ1n) is 9.29. The molecule has 0 aliphatic carbocycles. The molecule has 146 valence electrons. The third-order valence-electron chi connectivity index (χ3n) is 5.06. The minimum Gasteiger partial charge on any atom is -0.381 e. The maximum Gasteiger partial charge on any atom is 0.193 e. The number of benzene rings is 1. The summed E-state index contributed by atoms with van der Waals surface area (Å²) < 4.78 is 7.67. The highest BCUT2D eigenvalue weighted by Gasteiger charge is 2.32. The van der Waals surface area contributed by atoms with E-state index < -0.39 is 0 Å². The Balaban J connectivity index is 1.59. The molecule has 1 N–H and O–H groups in total. The van der Waals surface area contributed by atoms with Crippen LogP contribution in [0.4, 0.5) is 0 Å². The second-order valence-corrected chi connectivity index (χ2v) is 8.16. The topological polar surface area (TPSA) is 54.7 Å². The van der Waals surface area contributed by atoms with Crippen molar-refractivity contribution in [2.75, 3.05) is 40.1 Å². The predicted octanol–water partition coefficient (Wildman–Crippen LogP) is 2.79. The molecule has 1 aromatic carbocycles. The van der Waals surface area contributed by atoms with E-state index in [-0.39, 0.29) is 4.75 Å². The van der Waals surface area contributed by atoms with Crippen molar-refractivity contribution in [3.63, 3.8) is 0 Å². The number of guanidine groups is 1. The van der Waals surface area contributed by atoms with Gasteiger partial charge in [-0.15, -0.1) is 0 Å². The molecule has 0 spiro atoms. The SMILES string of the molecule is CN=C(NCC1(SC)CCOCC1)N(C)Cc1cnn(-c2ccccc2)c1. The Morgan fingerprint density at radius 1 is 1.33 bits per heavy atom. The van der Waals surface area contributed by atoms with E-state index in [1.807, 2.05) is 47.9 Å². The van der Waals surface area contributed by atoms with Crippen LogP contribution in [0, 0.1) is 0 Å². The zero-order valence-corrected chi connectivity index (χ0v) is 17.2. The minimum absolute atomic E-state index is 0.229. The minimum atomic E-state index is 0.229. The van der Waals surface area contributed by atoms with Gasteiger partial charge in [-0.05, 0) is 31.2 Å². The molecule has 1 aromatic heterocycles. The smallest absolute Gasteiger partial charge is 0.193 e. The first-order valence-corrected chi connectivity index (χ1v) is 10.5. The number of thioether (sulfide) groups is 1. The van der Waals surface area contributed by atoms with Gasteiger partial charge in [-0.25, -0.2) is 4.68 Å². The van der Waals surface area contributed by atoms with Gasteiger partial charge in [0, 0.05) is 56.9 Å². The van der Waals surface area contributed by atoms with Gasteiger partial charge in [0.25, 0.3) is 0 Å². The summed E-state index contributed by atoms with van der Waals surface area (Å²) in [5.41, 5.74) is 2.21. The lowest BCUT2D eigenvalue weighted by Gasteiger charge is -2.36. The van der Waals surface area contributed by atoms with Gasteiger partial charge in [0.1, 0.15) is 0 Å². The van der Waals surface area contributed by atoms with E-state index in [1.54, 1.807) is 0 Å². The number of aromatic nitrogens is 2. The Morgan fingerprint density at radius 3 is 2.74 bits per heavy atom. The molecule has 7 heteroatoms. The normalized spacial score (nSPS) is 16.9. The molecule has 0 saturated carbocycles. The fourth-order valence-corrected chi connectivity index (χ4v) is 4.13. The van der Waals surface area contributed by atoms with Crippen molar-refractivity contribution in [2.45, 2.75) is 24.1 Å². The van der Waals surface area contributed by atoms with Crippen molar-refractivity contribution in [2.24, 2.45) is 4.99 Å². The first kappa shape index (κ1) is 19.8. The quantitative estimate of drug-likeness (QED) is 0.610. The molecule has 2 heterocycles. The van der Waals surface area contributed by atoms with Crippen LogP contribution in [0.1, 0.15) is 18.4 Å². The van der Waals surface area contributed by atoms with E-state index in [4.69, 9.17) is 4.74 Å². The van der Waals surface area contributed by atoms with Crippen LogP contribution in [-0.2, 0) is 11.3 Å². The molecule has 6 nitrogen and oxygen atoms in total. The summed E-state index contributed by atoms with van der Waals surface area (Å²) in [6.07, 6.45) is 8.33. The van der Waals surface area contributed by atoms with Crippen LogP contribution in [-0.4, -0.2) is 65.5 Å². The van der Waals surface area contributed by atoms with Gasteiger partial charge in [-0.2, -0.15) is 16.9 Å². The molecule has 0 amide bonds. The van der Waals surface area contributed by atoms with Gasteiger partial charge in [-0.3, -0.25) is 4.99 Å². The molecule has 1 saturated heterocycles. The molecule has 1 fully saturated rings. The molecule has 1 aliphatic heterocycles. The molecular weight excluding hydrogens is 358 g/mol. The Morgan fingerprint density at radius 2 is 2.07 bits per heavy atom. The van der Waals surface area contributed by atoms with Gasteiger partial charge in [-0.1, -0.05) is 18.2 Å². The summed E-state index contributed by atoms with van der Waals surface area (Å²) in [7, 11) is 3.90. The summed E-state index contributed by atoms with van der Waals surface area (Å²) >= 11 is 1.93. The van der Waals surface area contributed by atoms with Crippen LogP contribution in [0.5, 0.6) is 0 Å². The Bertz CT molecular complexity index is 740. The van der Waals surface area contributed by atoms with E-state index in [9.17, 15) is 0 Å². The highest BCUT2D eigenvalue weighted by molar-refractivity contribution is 8.00. The predicted molar refractivity (Wildman–Crippen MR) is 113 cm³/mol. The van der Waals surface area contributed by atoms with Crippen molar-refractivity contribution in [3.05, 3.63) is 48.3 Å².